The zero-order chi connectivity index (χ0) is 20.9. The van der Waals surface area contributed by atoms with E-state index in [4.69, 9.17) is 5.73 Å². The van der Waals surface area contributed by atoms with Gasteiger partial charge in [0.25, 0.3) is 0 Å². The maximum Gasteiger partial charge on any atom is 0.329 e. The van der Waals surface area contributed by atoms with E-state index in [9.17, 15) is 19.2 Å². The van der Waals surface area contributed by atoms with Crippen LogP contribution in [0.4, 0.5) is 0 Å². The number of carbonyl (C=O) groups excluding carboxylic acids is 4. The minimum Gasteiger partial charge on any atom is -0.467 e. The molecule has 10 nitrogen and oxygen atoms in total. The number of ether oxygens (including phenoxy) is 1. The molecule has 1 aromatic rings. The number of hydrogen-bond donors (Lipinski definition) is 4. The van der Waals surface area contributed by atoms with Crippen molar-refractivity contribution in [2.24, 2.45) is 5.73 Å². The van der Waals surface area contributed by atoms with Crippen LogP contribution < -0.4 is 16.4 Å². The van der Waals surface area contributed by atoms with E-state index in [-0.39, 0.29) is 29.6 Å². The zero-order valence-corrected chi connectivity index (χ0v) is 16.8. The molecule has 0 aromatic carbocycles. The van der Waals surface area contributed by atoms with Crippen molar-refractivity contribution in [1.82, 2.24) is 20.6 Å². The summed E-state index contributed by atoms with van der Waals surface area (Å²) in [6.07, 6.45) is 4.46. The number of esters is 1. The molecule has 0 aliphatic rings. The highest BCUT2D eigenvalue weighted by atomic mass is 32.2. The van der Waals surface area contributed by atoms with Gasteiger partial charge in [0.05, 0.1) is 13.4 Å². The lowest BCUT2D eigenvalue weighted by Gasteiger charge is -2.18. The SMILES string of the molecule is COC(=O)C(CSC(=O)CC(Cc1cnc[nH]1)NC(=O)CCCN)NC(C)=O. The Kier molecular flexibility index (Phi) is 10.9. The Bertz CT molecular complexity index is 652. The van der Waals surface area contributed by atoms with Gasteiger partial charge in [0.1, 0.15) is 6.04 Å². The van der Waals surface area contributed by atoms with Gasteiger partial charge in [0.2, 0.25) is 11.8 Å². The van der Waals surface area contributed by atoms with Crippen molar-refractivity contribution in [2.45, 2.75) is 44.7 Å². The van der Waals surface area contributed by atoms with E-state index in [0.717, 1.165) is 17.5 Å². The second-order valence-electron chi connectivity index (χ2n) is 6.10. The van der Waals surface area contributed by atoms with Crippen molar-refractivity contribution in [1.29, 1.82) is 0 Å². The Morgan fingerprint density at radius 2 is 2.07 bits per heavy atom. The molecule has 2 atom stereocenters. The molecular formula is C17H27N5O5S. The van der Waals surface area contributed by atoms with Gasteiger partial charge in [-0.15, -0.1) is 0 Å². The van der Waals surface area contributed by atoms with Gasteiger partial charge in [-0.2, -0.15) is 0 Å². The number of aromatic nitrogens is 2. The fourth-order valence-electron chi connectivity index (χ4n) is 2.39. The van der Waals surface area contributed by atoms with Gasteiger partial charge >= 0.3 is 5.97 Å². The molecule has 0 spiro atoms. The summed E-state index contributed by atoms with van der Waals surface area (Å²) in [5.41, 5.74) is 6.20. The molecule has 0 saturated carbocycles. The standard InChI is InChI=1S/C17H27N5O5S/c1-11(23)21-14(17(26)27-2)9-28-16(25)7-12(6-13-8-19-10-20-13)22-15(24)4-3-5-18/h8,10,12,14H,3-7,9,18H2,1-2H3,(H,19,20)(H,21,23)(H,22,24). The summed E-state index contributed by atoms with van der Waals surface area (Å²) in [6, 6.07) is -1.34. The Hall–Kier alpha value is -2.40. The first-order chi connectivity index (χ1) is 13.3. The monoisotopic (exact) mass is 413 g/mol. The van der Waals surface area contributed by atoms with E-state index in [1.165, 1.54) is 20.4 Å². The van der Waals surface area contributed by atoms with E-state index < -0.39 is 24.0 Å². The Morgan fingerprint density at radius 3 is 2.64 bits per heavy atom. The van der Waals surface area contributed by atoms with Gasteiger partial charge in [-0.25, -0.2) is 9.78 Å². The van der Waals surface area contributed by atoms with Crippen LogP contribution in [0, 0.1) is 0 Å². The van der Waals surface area contributed by atoms with Gasteiger partial charge in [-0.1, -0.05) is 11.8 Å². The number of carbonyl (C=O) groups is 4. The van der Waals surface area contributed by atoms with Crippen molar-refractivity contribution in [3.8, 4) is 0 Å². The molecule has 28 heavy (non-hydrogen) atoms. The van der Waals surface area contributed by atoms with Crippen LogP contribution in [0.25, 0.3) is 0 Å². The molecule has 2 amide bonds. The molecule has 1 heterocycles. The lowest BCUT2D eigenvalue weighted by molar-refractivity contribution is -0.144. The number of amides is 2. The molecular weight excluding hydrogens is 386 g/mol. The third kappa shape index (κ3) is 9.51. The first kappa shape index (κ1) is 23.6. The van der Waals surface area contributed by atoms with E-state index >= 15 is 0 Å². The maximum absolute atomic E-state index is 12.4. The fourth-order valence-corrected chi connectivity index (χ4v) is 3.28. The topological polar surface area (TPSA) is 156 Å². The predicted molar refractivity (Wildman–Crippen MR) is 104 cm³/mol. The molecule has 1 aromatic heterocycles. The number of methoxy groups -OCH3 is 1. The highest BCUT2D eigenvalue weighted by Crippen LogP contribution is 2.13. The third-order valence-electron chi connectivity index (χ3n) is 3.68. The van der Waals surface area contributed by atoms with Crippen molar-refractivity contribution in [3.63, 3.8) is 0 Å². The number of rotatable bonds is 12. The summed E-state index contributed by atoms with van der Waals surface area (Å²) in [4.78, 5) is 54.2. The van der Waals surface area contributed by atoms with Crippen LogP contribution in [0.2, 0.25) is 0 Å². The summed E-state index contributed by atoms with van der Waals surface area (Å²) in [5, 5.41) is 5.07. The largest absolute Gasteiger partial charge is 0.467 e. The third-order valence-corrected chi connectivity index (χ3v) is 4.67. The van der Waals surface area contributed by atoms with Crippen LogP contribution in [0.3, 0.4) is 0 Å². The van der Waals surface area contributed by atoms with Crippen LogP contribution >= 0.6 is 11.8 Å². The second-order valence-corrected chi connectivity index (χ2v) is 7.18. The van der Waals surface area contributed by atoms with Crippen molar-refractivity contribution >= 4 is 34.7 Å². The first-order valence-corrected chi connectivity index (χ1v) is 9.81. The molecule has 156 valence electrons. The van der Waals surface area contributed by atoms with Crippen LogP contribution in [0.5, 0.6) is 0 Å². The Labute approximate surface area is 167 Å². The van der Waals surface area contributed by atoms with Crippen LogP contribution in [-0.4, -0.2) is 64.4 Å². The molecule has 5 N–H and O–H groups in total. The number of imidazole rings is 1. The van der Waals surface area contributed by atoms with E-state index in [0.29, 0.717) is 19.4 Å². The molecule has 0 radical (unpaired) electrons. The van der Waals surface area contributed by atoms with Crippen LogP contribution in [-0.2, 0) is 30.3 Å². The van der Waals surface area contributed by atoms with Crippen molar-refractivity contribution in [2.75, 3.05) is 19.4 Å². The number of nitrogens with one attached hydrogen (secondary N) is 3. The summed E-state index contributed by atoms with van der Waals surface area (Å²) < 4.78 is 4.63. The minimum atomic E-state index is -0.915. The molecule has 0 bridgehead atoms. The number of aromatic amines is 1. The quantitative estimate of drug-likeness (QED) is 0.334. The summed E-state index contributed by atoms with van der Waals surface area (Å²) >= 11 is 0.905. The fraction of sp³-hybridized carbons (Fsp3) is 0.588. The van der Waals surface area contributed by atoms with Gasteiger partial charge in [-0.3, -0.25) is 14.4 Å². The summed E-state index contributed by atoms with van der Waals surface area (Å²) in [7, 11) is 1.21. The van der Waals surface area contributed by atoms with Crippen LogP contribution in [0.15, 0.2) is 12.5 Å². The van der Waals surface area contributed by atoms with E-state index in [1.54, 1.807) is 6.20 Å². The Balaban J connectivity index is 2.64. The molecule has 0 saturated heterocycles. The van der Waals surface area contributed by atoms with Crippen molar-refractivity contribution in [3.05, 3.63) is 18.2 Å². The van der Waals surface area contributed by atoms with E-state index in [1.807, 2.05) is 0 Å². The molecule has 2 unspecified atom stereocenters. The van der Waals surface area contributed by atoms with Gasteiger partial charge in [-0.05, 0) is 13.0 Å². The lowest BCUT2D eigenvalue weighted by Crippen LogP contribution is -2.42. The smallest absolute Gasteiger partial charge is 0.329 e. The number of hydrogen-bond acceptors (Lipinski definition) is 8. The van der Waals surface area contributed by atoms with E-state index in [2.05, 4.69) is 25.3 Å². The lowest BCUT2D eigenvalue weighted by atomic mass is 10.1. The molecule has 0 aliphatic heterocycles. The molecule has 11 heteroatoms. The second kappa shape index (κ2) is 12.9. The maximum atomic E-state index is 12.4. The highest BCUT2D eigenvalue weighted by molar-refractivity contribution is 8.13. The van der Waals surface area contributed by atoms with Gasteiger partial charge in [0, 0.05) is 49.9 Å². The zero-order valence-electron chi connectivity index (χ0n) is 16.0. The molecule has 0 aliphatic carbocycles. The average Bonchev–Trinajstić information content (AvgIpc) is 3.15. The number of nitrogens with zero attached hydrogens (tertiary/aromatic N) is 1. The Morgan fingerprint density at radius 1 is 1.32 bits per heavy atom. The average molecular weight is 414 g/mol. The minimum absolute atomic E-state index is 0.0446. The van der Waals surface area contributed by atoms with Gasteiger partial charge < -0.3 is 26.1 Å². The predicted octanol–water partition coefficient (Wildman–Crippen LogP) is -0.496. The molecule has 0 fully saturated rings. The number of H-pyrrole nitrogens is 1. The van der Waals surface area contributed by atoms with Crippen molar-refractivity contribution < 1.29 is 23.9 Å². The summed E-state index contributed by atoms with van der Waals surface area (Å²) in [5.74, 6) is -1.16. The number of thioether (sulfide) groups is 1. The highest BCUT2D eigenvalue weighted by Gasteiger charge is 2.23. The summed E-state index contributed by atoms with van der Waals surface area (Å²) in [6.45, 7) is 1.69. The first-order valence-electron chi connectivity index (χ1n) is 8.83. The molecule has 1 rings (SSSR count). The number of nitrogens with two attached hydrogens (primary N) is 1. The van der Waals surface area contributed by atoms with Gasteiger partial charge in [0.15, 0.2) is 5.12 Å². The normalized spacial score (nSPS) is 12.7. The van der Waals surface area contributed by atoms with Crippen LogP contribution in [0.1, 0.15) is 31.9 Å².